The maximum absolute atomic E-state index is 5.61. The van der Waals surface area contributed by atoms with Gasteiger partial charge < -0.3 is 10.6 Å². The highest BCUT2D eigenvalue weighted by Crippen LogP contribution is 2.23. The van der Waals surface area contributed by atoms with Crippen molar-refractivity contribution in [3.63, 3.8) is 0 Å². The lowest BCUT2D eigenvalue weighted by atomic mass is 10.1. The third-order valence-electron chi connectivity index (χ3n) is 2.26. The third-order valence-corrected chi connectivity index (χ3v) is 2.48. The van der Waals surface area contributed by atoms with E-state index in [0.717, 1.165) is 24.3 Å². The normalized spacial score (nSPS) is 15.2. The van der Waals surface area contributed by atoms with Gasteiger partial charge >= 0.3 is 0 Å². The van der Waals surface area contributed by atoms with Crippen molar-refractivity contribution in [3.05, 3.63) is 24.0 Å². The first-order valence-corrected chi connectivity index (χ1v) is 4.68. The second kappa shape index (κ2) is 3.30. The van der Waals surface area contributed by atoms with Gasteiger partial charge in [0.1, 0.15) is 4.99 Å². The Balaban J connectivity index is 2.36. The van der Waals surface area contributed by atoms with Crippen LogP contribution in [0.2, 0.25) is 0 Å². The van der Waals surface area contributed by atoms with Crippen LogP contribution in [0.3, 0.4) is 0 Å². The van der Waals surface area contributed by atoms with E-state index in [1.54, 1.807) is 6.20 Å². The molecule has 2 N–H and O–H groups in total. The van der Waals surface area contributed by atoms with Crippen molar-refractivity contribution < 1.29 is 0 Å². The highest BCUT2D eigenvalue weighted by molar-refractivity contribution is 7.80. The summed E-state index contributed by atoms with van der Waals surface area (Å²) in [6, 6.07) is 1.87. The van der Waals surface area contributed by atoms with Gasteiger partial charge in [0.15, 0.2) is 0 Å². The molecule has 13 heavy (non-hydrogen) atoms. The molecule has 0 spiro atoms. The zero-order valence-corrected chi connectivity index (χ0v) is 8.05. The fourth-order valence-corrected chi connectivity index (χ4v) is 1.58. The molecular weight excluding hydrogens is 182 g/mol. The summed E-state index contributed by atoms with van der Waals surface area (Å²) in [4.78, 5) is 6.76. The second-order valence-corrected chi connectivity index (χ2v) is 3.54. The molecule has 1 saturated heterocycles. The van der Waals surface area contributed by atoms with Crippen LogP contribution < -0.4 is 10.6 Å². The van der Waals surface area contributed by atoms with Crippen LogP contribution in [0, 0.1) is 0 Å². The average Bonchev–Trinajstić information content (AvgIpc) is 2.02. The number of aromatic nitrogens is 1. The minimum Gasteiger partial charge on any atom is -0.389 e. The Morgan fingerprint density at radius 1 is 1.54 bits per heavy atom. The van der Waals surface area contributed by atoms with Gasteiger partial charge in [-0.15, -0.1) is 0 Å². The zero-order valence-electron chi connectivity index (χ0n) is 7.23. The fourth-order valence-electron chi connectivity index (χ4n) is 1.40. The molecule has 1 aromatic rings. The van der Waals surface area contributed by atoms with Gasteiger partial charge in [-0.2, -0.15) is 0 Å². The predicted octanol–water partition coefficient (Wildman–Crippen LogP) is 0.926. The Hall–Kier alpha value is -1.16. The molecule has 1 aromatic heterocycles. The van der Waals surface area contributed by atoms with E-state index < -0.39 is 0 Å². The topological polar surface area (TPSA) is 42.1 Å². The Morgan fingerprint density at radius 2 is 2.31 bits per heavy atom. The van der Waals surface area contributed by atoms with Crippen LogP contribution in [0.25, 0.3) is 0 Å². The van der Waals surface area contributed by atoms with Gasteiger partial charge in [-0.1, -0.05) is 12.2 Å². The molecule has 1 aliphatic heterocycles. The van der Waals surface area contributed by atoms with Crippen LogP contribution in [0.15, 0.2) is 18.5 Å². The number of hydrogen-bond donors (Lipinski definition) is 1. The standard InChI is InChI=1S/C9H11N3S/c10-9(13)7-2-3-11-6-8(7)12-4-1-5-12/h2-3,6H,1,4-5H2,(H2,10,13). The molecule has 2 heterocycles. The molecule has 0 radical (unpaired) electrons. The van der Waals surface area contributed by atoms with Crippen molar-refractivity contribution in [1.82, 2.24) is 4.98 Å². The molecule has 4 heteroatoms. The highest BCUT2D eigenvalue weighted by atomic mass is 32.1. The van der Waals surface area contributed by atoms with Crippen molar-refractivity contribution in [3.8, 4) is 0 Å². The Kier molecular flexibility index (Phi) is 2.14. The first kappa shape index (κ1) is 8.44. The Bertz CT molecular complexity index is 333. The van der Waals surface area contributed by atoms with E-state index in [1.807, 2.05) is 12.3 Å². The summed E-state index contributed by atoms with van der Waals surface area (Å²) in [5, 5.41) is 0. The molecule has 0 amide bonds. The van der Waals surface area contributed by atoms with E-state index >= 15 is 0 Å². The zero-order chi connectivity index (χ0) is 9.26. The SMILES string of the molecule is NC(=S)c1ccncc1N1CCC1. The van der Waals surface area contributed by atoms with Crippen LogP contribution >= 0.6 is 12.2 Å². The van der Waals surface area contributed by atoms with E-state index in [-0.39, 0.29) is 0 Å². The quantitative estimate of drug-likeness (QED) is 0.709. The van der Waals surface area contributed by atoms with Crippen molar-refractivity contribution in [2.75, 3.05) is 18.0 Å². The van der Waals surface area contributed by atoms with Crippen LogP contribution in [0.5, 0.6) is 0 Å². The summed E-state index contributed by atoms with van der Waals surface area (Å²) in [6.07, 6.45) is 4.79. The van der Waals surface area contributed by atoms with Gasteiger partial charge in [-0.25, -0.2) is 0 Å². The van der Waals surface area contributed by atoms with Gasteiger partial charge in [0.2, 0.25) is 0 Å². The van der Waals surface area contributed by atoms with E-state index in [9.17, 15) is 0 Å². The van der Waals surface area contributed by atoms with Gasteiger partial charge in [-0.05, 0) is 12.5 Å². The number of pyridine rings is 1. The number of nitrogens with zero attached hydrogens (tertiary/aromatic N) is 2. The third kappa shape index (κ3) is 1.49. The van der Waals surface area contributed by atoms with E-state index in [2.05, 4.69) is 9.88 Å². The van der Waals surface area contributed by atoms with Crippen LogP contribution in [-0.4, -0.2) is 23.1 Å². The molecule has 0 unspecified atom stereocenters. The predicted molar refractivity (Wildman–Crippen MR) is 57.0 cm³/mol. The second-order valence-electron chi connectivity index (χ2n) is 3.10. The first-order valence-electron chi connectivity index (χ1n) is 4.28. The fraction of sp³-hybridized carbons (Fsp3) is 0.333. The van der Waals surface area contributed by atoms with E-state index in [1.165, 1.54) is 6.42 Å². The molecule has 0 saturated carbocycles. The van der Waals surface area contributed by atoms with Crippen LogP contribution in [0.1, 0.15) is 12.0 Å². The average molecular weight is 193 g/mol. The summed E-state index contributed by atoms with van der Waals surface area (Å²) in [6.45, 7) is 2.17. The Morgan fingerprint density at radius 3 is 2.85 bits per heavy atom. The van der Waals surface area contributed by atoms with Crippen molar-refractivity contribution in [1.29, 1.82) is 0 Å². The lowest BCUT2D eigenvalue weighted by Gasteiger charge is -2.34. The summed E-state index contributed by atoms with van der Waals surface area (Å²) in [5.41, 5.74) is 7.61. The number of hydrogen-bond acceptors (Lipinski definition) is 3. The van der Waals surface area contributed by atoms with Gasteiger partial charge in [0.05, 0.1) is 11.9 Å². The number of rotatable bonds is 2. The largest absolute Gasteiger partial charge is 0.389 e. The number of anilines is 1. The maximum atomic E-state index is 5.61. The smallest absolute Gasteiger partial charge is 0.106 e. The van der Waals surface area contributed by atoms with Crippen molar-refractivity contribution in [2.24, 2.45) is 5.73 Å². The lowest BCUT2D eigenvalue weighted by molar-refractivity contribution is 0.616. The summed E-state index contributed by atoms with van der Waals surface area (Å²) >= 11 is 4.96. The maximum Gasteiger partial charge on any atom is 0.106 e. The molecule has 1 aliphatic rings. The molecule has 1 fully saturated rings. The molecule has 68 valence electrons. The van der Waals surface area contributed by atoms with Crippen LogP contribution in [-0.2, 0) is 0 Å². The van der Waals surface area contributed by atoms with Crippen LogP contribution in [0.4, 0.5) is 5.69 Å². The van der Waals surface area contributed by atoms with Crippen molar-refractivity contribution in [2.45, 2.75) is 6.42 Å². The van der Waals surface area contributed by atoms with Gasteiger partial charge in [0.25, 0.3) is 0 Å². The highest BCUT2D eigenvalue weighted by Gasteiger charge is 2.18. The summed E-state index contributed by atoms with van der Waals surface area (Å²) in [7, 11) is 0. The molecule has 0 atom stereocenters. The van der Waals surface area contributed by atoms with Gasteiger partial charge in [0, 0.05) is 24.8 Å². The molecule has 0 aliphatic carbocycles. The van der Waals surface area contributed by atoms with E-state index in [4.69, 9.17) is 18.0 Å². The number of nitrogens with two attached hydrogens (primary N) is 1. The molecule has 3 nitrogen and oxygen atoms in total. The van der Waals surface area contributed by atoms with E-state index in [0.29, 0.717) is 4.99 Å². The Labute approximate surface area is 82.6 Å². The molecule has 0 aromatic carbocycles. The minimum atomic E-state index is 0.448. The monoisotopic (exact) mass is 193 g/mol. The van der Waals surface area contributed by atoms with Crippen molar-refractivity contribution >= 4 is 22.9 Å². The minimum absolute atomic E-state index is 0.448. The number of thiocarbonyl (C=S) groups is 1. The van der Waals surface area contributed by atoms with Gasteiger partial charge in [-0.3, -0.25) is 4.98 Å². The molecule has 2 rings (SSSR count). The summed E-state index contributed by atoms with van der Waals surface area (Å²) in [5.74, 6) is 0. The first-order chi connectivity index (χ1) is 6.29. The lowest BCUT2D eigenvalue weighted by Crippen LogP contribution is -2.38. The summed E-state index contributed by atoms with van der Waals surface area (Å²) < 4.78 is 0. The molecule has 0 bridgehead atoms. The molecular formula is C9H11N3S.